The minimum absolute atomic E-state index is 0.0116. The van der Waals surface area contributed by atoms with Crippen molar-refractivity contribution in [3.8, 4) is 0 Å². The molecule has 0 aromatic heterocycles. The quantitative estimate of drug-likeness (QED) is 0.791. The van der Waals surface area contributed by atoms with Crippen LogP contribution in [0.25, 0.3) is 6.08 Å². The van der Waals surface area contributed by atoms with Crippen LogP contribution in [0.2, 0.25) is 0 Å². The van der Waals surface area contributed by atoms with Crippen LogP contribution in [0.4, 0.5) is 13.2 Å². The van der Waals surface area contributed by atoms with Gasteiger partial charge in [-0.15, -0.1) is 0 Å². The molecule has 0 saturated carbocycles. The van der Waals surface area contributed by atoms with Crippen molar-refractivity contribution in [2.24, 2.45) is 5.92 Å². The Labute approximate surface area is 92.2 Å². The van der Waals surface area contributed by atoms with E-state index in [1.54, 1.807) is 0 Å². The minimum Gasteiger partial charge on any atom is -0.392 e. The third-order valence-electron chi connectivity index (χ3n) is 2.30. The van der Waals surface area contributed by atoms with E-state index >= 15 is 0 Å². The van der Waals surface area contributed by atoms with E-state index < -0.39 is 17.5 Å². The van der Waals surface area contributed by atoms with Crippen molar-refractivity contribution in [3.05, 3.63) is 40.7 Å². The molecule has 1 aromatic carbocycles. The van der Waals surface area contributed by atoms with Gasteiger partial charge in [-0.05, 0) is 17.6 Å². The lowest BCUT2D eigenvalue weighted by atomic mass is 10.0. The van der Waals surface area contributed by atoms with Crippen LogP contribution in [0, 0.1) is 23.4 Å². The monoisotopic (exact) mass is 230 g/mol. The third kappa shape index (κ3) is 2.85. The number of halogens is 3. The van der Waals surface area contributed by atoms with Crippen LogP contribution in [0.15, 0.2) is 17.7 Å². The molecule has 16 heavy (non-hydrogen) atoms. The Morgan fingerprint density at radius 1 is 1.19 bits per heavy atom. The molecule has 0 aliphatic rings. The van der Waals surface area contributed by atoms with Crippen LogP contribution in [-0.2, 0) is 0 Å². The molecule has 0 amide bonds. The van der Waals surface area contributed by atoms with Crippen LogP contribution in [-0.4, -0.2) is 11.7 Å². The van der Waals surface area contributed by atoms with E-state index in [2.05, 4.69) is 0 Å². The summed E-state index contributed by atoms with van der Waals surface area (Å²) in [4.78, 5) is 0. The Morgan fingerprint density at radius 2 is 1.75 bits per heavy atom. The molecule has 0 unspecified atom stereocenters. The number of rotatable bonds is 3. The summed E-state index contributed by atoms with van der Waals surface area (Å²) in [6, 6.07) is 1.28. The van der Waals surface area contributed by atoms with E-state index in [-0.39, 0.29) is 18.1 Å². The second kappa shape index (κ2) is 5.16. The summed E-state index contributed by atoms with van der Waals surface area (Å²) in [6.07, 6.45) is 1.34. The molecule has 0 bridgehead atoms. The number of aliphatic hydroxyl groups excluding tert-OH is 1. The SMILES string of the molecule is CC(C)/C(=C/c1cc(F)c(F)cc1F)CO. The van der Waals surface area contributed by atoms with Crippen LogP contribution in [0.3, 0.4) is 0 Å². The van der Waals surface area contributed by atoms with E-state index in [1.807, 2.05) is 13.8 Å². The molecule has 1 rings (SSSR count). The van der Waals surface area contributed by atoms with Gasteiger partial charge in [0.2, 0.25) is 0 Å². The summed E-state index contributed by atoms with van der Waals surface area (Å²) in [6.45, 7) is 3.40. The Morgan fingerprint density at radius 3 is 2.25 bits per heavy atom. The van der Waals surface area contributed by atoms with E-state index in [9.17, 15) is 13.2 Å². The number of hydrogen-bond donors (Lipinski definition) is 1. The number of aliphatic hydroxyl groups is 1. The first-order valence-corrected chi connectivity index (χ1v) is 4.91. The topological polar surface area (TPSA) is 20.2 Å². The zero-order valence-corrected chi connectivity index (χ0v) is 9.10. The molecule has 1 nitrogen and oxygen atoms in total. The summed E-state index contributed by atoms with van der Waals surface area (Å²) < 4.78 is 38.8. The molecular weight excluding hydrogens is 217 g/mol. The summed E-state index contributed by atoms with van der Waals surface area (Å²) in [5.41, 5.74) is 0.501. The molecule has 0 heterocycles. The lowest BCUT2D eigenvalue weighted by Gasteiger charge is -2.08. The Balaban J connectivity index is 3.18. The highest BCUT2D eigenvalue weighted by atomic mass is 19.2. The Hall–Kier alpha value is -1.29. The van der Waals surface area contributed by atoms with Gasteiger partial charge >= 0.3 is 0 Å². The molecule has 0 spiro atoms. The molecule has 88 valence electrons. The molecule has 0 atom stereocenters. The predicted molar refractivity (Wildman–Crippen MR) is 56.2 cm³/mol. The second-order valence-electron chi connectivity index (χ2n) is 3.82. The molecule has 0 radical (unpaired) electrons. The van der Waals surface area contributed by atoms with Crippen molar-refractivity contribution in [1.82, 2.24) is 0 Å². The summed E-state index contributed by atoms with van der Waals surface area (Å²) in [5, 5.41) is 9.01. The van der Waals surface area contributed by atoms with Gasteiger partial charge in [-0.25, -0.2) is 13.2 Å². The average Bonchev–Trinajstić information content (AvgIpc) is 2.21. The van der Waals surface area contributed by atoms with E-state index in [1.165, 1.54) is 6.08 Å². The molecule has 0 fully saturated rings. The van der Waals surface area contributed by atoms with Crippen molar-refractivity contribution >= 4 is 6.08 Å². The first-order valence-electron chi connectivity index (χ1n) is 4.91. The van der Waals surface area contributed by atoms with Gasteiger partial charge in [0.25, 0.3) is 0 Å². The Kier molecular flexibility index (Phi) is 4.12. The fourth-order valence-corrected chi connectivity index (χ4v) is 1.24. The van der Waals surface area contributed by atoms with Gasteiger partial charge in [0.05, 0.1) is 6.61 Å². The molecular formula is C12H13F3O. The van der Waals surface area contributed by atoms with Crippen LogP contribution in [0.5, 0.6) is 0 Å². The van der Waals surface area contributed by atoms with Crippen LogP contribution in [0.1, 0.15) is 19.4 Å². The predicted octanol–water partition coefficient (Wildman–Crippen LogP) is 3.14. The highest BCUT2D eigenvalue weighted by Gasteiger charge is 2.10. The van der Waals surface area contributed by atoms with Crippen LogP contribution < -0.4 is 0 Å². The number of hydrogen-bond acceptors (Lipinski definition) is 1. The standard InChI is InChI=1S/C12H13F3O/c1-7(2)9(6-16)3-8-4-11(14)12(15)5-10(8)13/h3-5,7,16H,6H2,1-2H3/b9-3+. The van der Waals surface area contributed by atoms with Gasteiger partial charge in [0.15, 0.2) is 11.6 Å². The largest absolute Gasteiger partial charge is 0.392 e. The first-order chi connectivity index (χ1) is 7.45. The number of benzene rings is 1. The molecule has 0 aliphatic carbocycles. The first kappa shape index (κ1) is 12.8. The molecule has 0 aliphatic heterocycles. The third-order valence-corrected chi connectivity index (χ3v) is 2.30. The Bertz CT molecular complexity index is 411. The minimum atomic E-state index is -1.22. The van der Waals surface area contributed by atoms with Gasteiger partial charge < -0.3 is 5.11 Å². The van der Waals surface area contributed by atoms with Gasteiger partial charge in [-0.1, -0.05) is 19.9 Å². The van der Waals surface area contributed by atoms with Gasteiger partial charge in [-0.2, -0.15) is 0 Å². The van der Waals surface area contributed by atoms with Gasteiger partial charge in [0, 0.05) is 11.6 Å². The fraction of sp³-hybridized carbons (Fsp3) is 0.333. The van der Waals surface area contributed by atoms with E-state index in [0.29, 0.717) is 11.6 Å². The lowest BCUT2D eigenvalue weighted by molar-refractivity contribution is 0.320. The smallest absolute Gasteiger partial charge is 0.161 e. The molecule has 0 saturated heterocycles. The zero-order valence-electron chi connectivity index (χ0n) is 9.10. The van der Waals surface area contributed by atoms with Crippen molar-refractivity contribution < 1.29 is 18.3 Å². The fourth-order valence-electron chi connectivity index (χ4n) is 1.24. The molecule has 1 aromatic rings. The maximum atomic E-state index is 13.3. The summed E-state index contributed by atoms with van der Waals surface area (Å²) >= 11 is 0. The highest BCUT2D eigenvalue weighted by Crippen LogP contribution is 2.19. The van der Waals surface area contributed by atoms with E-state index in [0.717, 1.165) is 6.07 Å². The summed E-state index contributed by atoms with van der Waals surface area (Å²) in [5.74, 6) is -3.15. The summed E-state index contributed by atoms with van der Waals surface area (Å²) in [7, 11) is 0. The highest BCUT2D eigenvalue weighted by molar-refractivity contribution is 5.54. The van der Waals surface area contributed by atoms with E-state index in [4.69, 9.17) is 5.11 Å². The second-order valence-corrected chi connectivity index (χ2v) is 3.82. The van der Waals surface area contributed by atoms with Crippen molar-refractivity contribution in [2.45, 2.75) is 13.8 Å². The maximum absolute atomic E-state index is 13.3. The van der Waals surface area contributed by atoms with Gasteiger partial charge in [0.1, 0.15) is 5.82 Å². The van der Waals surface area contributed by atoms with Crippen LogP contribution >= 0.6 is 0 Å². The van der Waals surface area contributed by atoms with Crippen molar-refractivity contribution in [1.29, 1.82) is 0 Å². The average molecular weight is 230 g/mol. The maximum Gasteiger partial charge on any atom is 0.161 e. The lowest BCUT2D eigenvalue weighted by Crippen LogP contribution is -2.00. The van der Waals surface area contributed by atoms with Gasteiger partial charge in [-0.3, -0.25) is 0 Å². The normalized spacial score (nSPS) is 12.3. The van der Waals surface area contributed by atoms with Crippen molar-refractivity contribution in [3.63, 3.8) is 0 Å². The zero-order chi connectivity index (χ0) is 12.3. The van der Waals surface area contributed by atoms with Crippen molar-refractivity contribution in [2.75, 3.05) is 6.61 Å². The molecule has 1 N–H and O–H groups in total. The molecule has 4 heteroatoms.